The standard InChI is InChI=1S/C23H31F3N4O2/c1-32-16-22(31)28-20-4-2-17(3-5-20)6-7-29-8-10-30(11-9-29)21-13-18(15-27)12-19(14-21)23(24,25)26/h12-14,17,20H,2-11,16H2,1H3,(H,28,31). The van der Waals surface area contributed by atoms with Gasteiger partial charge in [0.25, 0.3) is 0 Å². The first-order chi connectivity index (χ1) is 15.3. The molecule has 1 amide bonds. The van der Waals surface area contributed by atoms with E-state index in [1.165, 1.54) is 13.2 Å². The van der Waals surface area contributed by atoms with E-state index in [-0.39, 0.29) is 24.1 Å². The van der Waals surface area contributed by atoms with Gasteiger partial charge in [-0.2, -0.15) is 18.4 Å². The van der Waals surface area contributed by atoms with Crippen molar-refractivity contribution in [3.63, 3.8) is 0 Å². The van der Waals surface area contributed by atoms with Crippen molar-refractivity contribution >= 4 is 11.6 Å². The molecule has 32 heavy (non-hydrogen) atoms. The number of benzene rings is 1. The highest BCUT2D eigenvalue weighted by molar-refractivity contribution is 5.77. The fourth-order valence-corrected chi connectivity index (χ4v) is 4.61. The number of alkyl halides is 3. The molecule has 1 N–H and O–H groups in total. The second kappa shape index (κ2) is 11.0. The number of nitrogens with zero attached hydrogens (tertiary/aromatic N) is 3. The largest absolute Gasteiger partial charge is 0.416 e. The third kappa shape index (κ3) is 6.84. The molecule has 0 radical (unpaired) electrons. The molecule has 1 saturated heterocycles. The molecule has 3 rings (SSSR count). The summed E-state index contributed by atoms with van der Waals surface area (Å²) in [6.45, 7) is 3.95. The Bertz CT molecular complexity index is 808. The number of hydrogen-bond acceptors (Lipinski definition) is 5. The lowest BCUT2D eigenvalue weighted by molar-refractivity contribution is -0.137. The number of nitriles is 1. The molecule has 1 aromatic carbocycles. The van der Waals surface area contributed by atoms with Crippen molar-refractivity contribution in [3.8, 4) is 6.07 Å². The second-order valence-corrected chi connectivity index (χ2v) is 8.71. The van der Waals surface area contributed by atoms with E-state index in [0.29, 0.717) is 24.7 Å². The number of ether oxygens (including phenoxy) is 1. The van der Waals surface area contributed by atoms with Crippen LogP contribution in [0.1, 0.15) is 43.2 Å². The zero-order chi connectivity index (χ0) is 23.1. The summed E-state index contributed by atoms with van der Waals surface area (Å²) in [5, 5.41) is 12.1. The molecular weight excluding hydrogens is 421 g/mol. The van der Waals surface area contributed by atoms with E-state index >= 15 is 0 Å². The first kappa shape index (κ1) is 24.3. The molecule has 1 saturated carbocycles. The van der Waals surface area contributed by atoms with Gasteiger partial charge in [-0.15, -0.1) is 0 Å². The van der Waals surface area contributed by atoms with Crippen LogP contribution < -0.4 is 10.2 Å². The maximum atomic E-state index is 13.1. The molecule has 9 heteroatoms. The topological polar surface area (TPSA) is 68.6 Å². The van der Waals surface area contributed by atoms with Crippen LogP contribution in [0.3, 0.4) is 0 Å². The van der Waals surface area contributed by atoms with Gasteiger partial charge in [-0.05, 0) is 62.8 Å². The number of nitrogens with one attached hydrogen (secondary N) is 1. The lowest BCUT2D eigenvalue weighted by Crippen LogP contribution is -2.47. The van der Waals surface area contributed by atoms with Crippen LogP contribution in [0, 0.1) is 17.2 Å². The maximum absolute atomic E-state index is 13.1. The number of halogens is 3. The maximum Gasteiger partial charge on any atom is 0.416 e. The highest BCUT2D eigenvalue weighted by Crippen LogP contribution is 2.33. The summed E-state index contributed by atoms with van der Waals surface area (Å²) in [6, 6.07) is 5.65. The van der Waals surface area contributed by atoms with E-state index in [0.717, 1.165) is 63.9 Å². The number of rotatable bonds is 7. The summed E-state index contributed by atoms with van der Waals surface area (Å²) in [7, 11) is 1.51. The minimum atomic E-state index is -4.46. The molecule has 0 unspecified atom stereocenters. The quantitative estimate of drug-likeness (QED) is 0.687. The predicted octanol–water partition coefficient (Wildman–Crippen LogP) is 3.41. The lowest BCUT2D eigenvalue weighted by atomic mass is 9.84. The van der Waals surface area contributed by atoms with E-state index in [1.54, 1.807) is 0 Å². The minimum Gasteiger partial charge on any atom is -0.375 e. The van der Waals surface area contributed by atoms with Crippen molar-refractivity contribution in [1.29, 1.82) is 5.26 Å². The first-order valence-electron chi connectivity index (χ1n) is 11.2. The highest BCUT2D eigenvalue weighted by Gasteiger charge is 2.32. The van der Waals surface area contributed by atoms with Crippen molar-refractivity contribution in [2.24, 2.45) is 5.92 Å². The number of amides is 1. The summed E-state index contributed by atoms with van der Waals surface area (Å²) in [4.78, 5) is 15.9. The Morgan fingerprint density at radius 3 is 2.44 bits per heavy atom. The second-order valence-electron chi connectivity index (χ2n) is 8.71. The number of hydrogen-bond donors (Lipinski definition) is 1. The van der Waals surface area contributed by atoms with E-state index < -0.39 is 11.7 Å². The van der Waals surface area contributed by atoms with Crippen LogP contribution in [0.25, 0.3) is 0 Å². The average Bonchev–Trinajstić information content (AvgIpc) is 2.78. The van der Waals surface area contributed by atoms with Gasteiger partial charge in [-0.1, -0.05) is 0 Å². The highest BCUT2D eigenvalue weighted by atomic mass is 19.4. The zero-order valence-electron chi connectivity index (χ0n) is 18.5. The van der Waals surface area contributed by atoms with Gasteiger partial charge in [0.2, 0.25) is 5.91 Å². The van der Waals surface area contributed by atoms with E-state index in [1.807, 2.05) is 11.0 Å². The molecule has 1 heterocycles. The number of anilines is 1. The Morgan fingerprint density at radius 1 is 1.16 bits per heavy atom. The molecule has 0 spiro atoms. The number of methoxy groups -OCH3 is 1. The van der Waals surface area contributed by atoms with Gasteiger partial charge in [0, 0.05) is 45.0 Å². The number of carbonyl (C=O) groups excluding carboxylic acids is 1. The van der Waals surface area contributed by atoms with Gasteiger partial charge in [0.1, 0.15) is 6.61 Å². The Balaban J connectivity index is 1.42. The molecule has 0 bridgehead atoms. The average molecular weight is 453 g/mol. The van der Waals surface area contributed by atoms with Crippen LogP contribution in [-0.4, -0.2) is 63.3 Å². The van der Waals surface area contributed by atoms with Crippen LogP contribution in [0.15, 0.2) is 18.2 Å². The van der Waals surface area contributed by atoms with E-state index in [2.05, 4.69) is 10.2 Å². The Labute approximate surface area is 187 Å². The first-order valence-corrected chi connectivity index (χ1v) is 11.2. The Morgan fingerprint density at radius 2 is 1.84 bits per heavy atom. The molecule has 1 aliphatic carbocycles. The number of piperazine rings is 1. The third-order valence-corrected chi connectivity index (χ3v) is 6.45. The van der Waals surface area contributed by atoms with Crippen LogP contribution in [0.4, 0.5) is 18.9 Å². The summed E-state index contributed by atoms with van der Waals surface area (Å²) in [5.74, 6) is 0.585. The van der Waals surface area contributed by atoms with Crippen LogP contribution in [0.2, 0.25) is 0 Å². The summed E-state index contributed by atoms with van der Waals surface area (Å²) >= 11 is 0. The molecule has 0 atom stereocenters. The lowest BCUT2D eigenvalue weighted by Gasteiger charge is -2.37. The van der Waals surface area contributed by atoms with Gasteiger partial charge >= 0.3 is 6.18 Å². The summed E-state index contributed by atoms with van der Waals surface area (Å²) < 4.78 is 44.3. The van der Waals surface area contributed by atoms with Crippen LogP contribution in [-0.2, 0) is 15.7 Å². The van der Waals surface area contributed by atoms with Crippen LogP contribution in [0.5, 0.6) is 0 Å². The summed E-state index contributed by atoms with van der Waals surface area (Å²) in [6.07, 6.45) is 0.809. The predicted molar refractivity (Wildman–Crippen MR) is 115 cm³/mol. The third-order valence-electron chi connectivity index (χ3n) is 6.45. The Kier molecular flexibility index (Phi) is 8.38. The van der Waals surface area contributed by atoms with Crippen molar-refractivity contribution in [1.82, 2.24) is 10.2 Å². The minimum absolute atomic E-state index is 0.0336. The van der Waals surface area contributed by atoms with Crippen molar-refractivity contribution in [3.05, 3.63) is 29.3 Å². The normalized spacial score (nSPS) is 22.4. The zero-order valence-corrected chi connectivity index (χ0v) is 18.5. The molecule has 176 valence electrons. The van der Waals surface area contributed by atoms with Gasteiger partial charge in [-0.25, -0.2) is 0 Å². The van der Waals surface area contributed by atoms with Gasteiger partial charge < -0.3 is 15.0 Å². The molecule has 1 aliphatic heterocycles. The smallest absolute Gasteiger partial charge is 0.375 e. The fraction of sp³-hybridized carbons (Fsp3) is 0.652. The van der Waals surface area contributed by atoms with Gasteiger partial charge in [0.05, 0.1) is 17.2 Å². The molecule has 1 aromatic rings. The van der Waals surface area contributed by atoms with E-state index in [4.69, 9.17) is 10.00 Å². The molecule has 2 aliphatic rings. The fourth-order valence-electron chi connectivity index (χ4n) is 4.61. The van der Waals surface area contributed by atoms with Gasteiger partial charge in [0.15, 0.2) is 0 Å². The Hall–Kier alpha value is -2.31. The molecule has 0 aromatic heterocycles. The number of carbonyl (C=O) groups is 1. The molecule has 2 fully saturated rings. The van der Waals surface area contributed by atoms with Crippen molar-refractivity contribution in [2.45, 2.75) is 44.3 Å². The van der Waals surface area contributed by atoms with E-state index in [9.17, 15) is 18.0 Å². The summed E-state index contributed by atoms with van der Waals surface area (Å²) in [5.41, 5.74) is -0.279. The molecule has 6 nitrogen and oxygen atoms in total. The van der Waals surface area contributed by atoms with Crippen LogP contribution >= 0.6 is 0 Å². The van der Waals surface area contributed by atoms with Gasteiger partial charge in [-0.3, -0.25) is 9.69 Å². The van der Waals surface area contributed by atoms with Crippen molar-refractivity contribution < 1.29 is 22.7 Å². The van der Waals surface area contributed by atoms with Crippen molar-refractivity contribution in [2.75, 3.05) is 51.3 Å². The molecular formula is C23H31F3N4O2. The SMILES string of the molecule is COCC(=O)NC1CCC(CCN2CCN(c3cc(C#N)cc(C(F)(F)F)c3)CC2)CC1. The monoisotopic (exact) mass is 452 g/mol.